The Morgan fingerprint density at radius 1 is 1.25 bits per heavy atom. The zero-order valence-corrected chi connectivity index (χ0v) is 11.9. The minimum atomic E-state index is 0.0388. The maximum Gasteiger partial charge on any atom is 0.172 e. The zero-order valence-electron chi connectivity index (χ0n) is 11.1. The van der Waals surface area contributed by atoms with E-state index in [1.807, 2.05) is 43.3 Å². The van der Waals surface area contributed by atoms with Crippen LogP contribution in [0, 0.1) is 0 Å². The number of para-hydroxylation sites is 1. The second-order valence-corrected chi connectivity index (χ2v) is 4.66. The molecule has 0 saturated carbocycles. The van der Waals surface area contributed by atoms with Gasteiger partial charge in [0.2, 0.25) is 0 Å². The van der Waals surface area contributed by atoms with Crippen LogP contribution in [-0.4, -0.2) is 17.6 Å². The number of hydrogen-bond acceptors (Lipinski definition) is 3. The Morgan fingerprint density at radius 2 is 1.95 bits per heavy atom. The van der Waals surface area contributed by atoms with E-state index in [-0.39, 0.29) is 5.84 Å². The minimum Gasteiger partial charge on any atom is -0.409 e. The van der Waals surface area contributed by atoms with Crippen LogP contribution < -0.4 is 10.6 Å². The molecule has 4 nitrogen and oxygen atoms in total. The second-order valence-electron chi connectivity index (χ2n) is 4.23. The lowest BCUT2D eigenvalue weighted by atomic mass is 10.1. The maximum atomic E-state index is 8.93. The van der Waals surface area contributed by atoms with Crippen LogP contribution in [0.1, 0.15) is 12.5 Å². The van der Waals surface area contributed by atoms with E-state index in [1.165, 1.54) is 0 Å². The van der Waals surface area contributed by atoms with Crippen molar-refractivity contribution in [2.45, 2.75) is 6.92 Å². The molecule has 0 saturated heterocycles. The smallest absolute Gasteiger partial charge is 0.172 e. The van der Waals surface area contributed by atoms with Crippen LogP contribution in [0.2, 0.25) is 5.02 Å². The van der Waals surface area contributed by atoms with Crippen molar-refractivity contribution in [2.75, 3.05) is 11.4 Å². The number of benzene rings is 2. The number of nitrogens with two attached hydrogens (primary N) is 1. The summed E-state index contributed by atoms with van der Waals surface area (Å²) in [6.07, 6.45) is 0. The van der Waals surface area contributed by atoms with Crippen molar-refractivity contribution in [3.63, 3.8) is 0 Å². The molecule has 0 spiro atoms. The highest BCUT2D eigenvalue weighted by Crippen LogP contribution is 2.30. The van der Waals surface area contributed by atoms with Crippen molar-refractivity contribution in [1.29, 1.82) is 0 Å². The van der Waals surface area contributed by atoms with Crippen LogP contribution in [0.15, 0.2) is 53.7 Å². The van der Waals surface area contributed by atoms with Crippen LogP contribution in [0.5, 0.6) is 0 Å². The average molecular weight is 290 g/mol. The van der Waals surface area contributed by atoms with E-state index in [9.17, 15) is 0 Å². The summed E-state index contributed by atoms with van der Waals surface area (Å²) in [5.41, 5.74) is 8.23. The highest BCUT2D eigenvalue weighted by molar-refractivity contribution is 6.31. The Kier molecular flexibility index (Phi) is 4.48. The SMILES string of the molecule is CCN(c1ccccc1)c1ccc(Cl)cc1C(N)=NO. The molecule has 20 heavy (non-hydrogen) atoms. The number of oxime groups is 1. The number of anilines is 2. The molecule has 0 amide bonds. The van der Waals surface area contributed by atoms with Gasteiger partial charge in [0.1, 0.15) is 0 Å². The maximum absolute atomic E-state index is 8.93. The molecule has 0 atom stereocenters. The highest BCUT2D eigenvalue weighted by Gasteiger charge is 2.15. The molecule has 3 N–H and O–H groups in total. The summed E-state index contributed by atoms with van der Waals surface area (Å²) in [4.78, 5) is 2.07. The van der Waals surface area contributed by atoms with E-state index in [1.54, 1.807) is 12.1 Å². The average Bonchev–Trinajstić information content (AvgIpc) is 2.49. The van der Waals surface area contributed by atoms with Crippen LogP contribution in [-0.2, 0) is 0 Å². The largest absolute Gasteiger partial charge is 0.409 e. The molecule has 2 aromatic rings. The first-order valence-corrected chi connectivity index (χ1v) is 6.65. The van der Waals surface area contributed by atoms with Crippen molar-refractivity contribution in [3.05, 3.63) is 59.1 Å². The first-order chi connectivity index (χ1) is 9.67. The third-order valence-electron chi connectivity index (χ3n) is 3.02. The predicted molar refractivity (Wildman–Crippen MR) is 83.1 cm³/mol. The Morgan fingerprint density at radius 3 is 2.55 bits per heavy atom. The van der Waals surface area contributed by atoms with Crippen molar-refractivity contribution in [3.8, 4) is 0 Å². The van der Waals surface area contributed by atoms with Crippen molar-refractivity contribution in [2.24, 2.45) is 10.9 Å². The lowest BCUT2D eigenvalue weighted by molar-refractivity contribution is 0.318. The van der Waals surface area contributed by atoms with Gasteiger partial charge in [0.15, 0.2) is 5.84 Å². The fourth-order valence-electron chi connectivity index (χ4n) is 2.10. The van der Waals surface area contributed by atoms with Gasteiger partial charge >= 0.3 is 0 Å². The Hall–Kier alpha value is -2.20. The number of nitrogens with zero attached hydrogens (tertiary/aromatic N) is 2. The molecule has 104 valence electrons. The Labute approximate surface area is 123 Å². The third kappa shape index (κ3) is 2.86. The summed E-state index contributed by atoms with van der Waals surface area (Å²) in [5, 5.41) is 12.6. The molecule has 0 radical (unpaired) electrons. The fraction of sp³-hybridized carbons (Fsp3) is 0.133. The van der Waals surface area contributed by atoms with Gasteiger partial charge in [-0.25, -0.2) is 0 Å². The minimum absolute atomic E-state index is 0.0388. The van der Waals surface area contributed by atoms with Gasteiger partial charge in [0.05, 0.1) is 5.69 Å². The molecule has 2 aromatic carbocycles. The van der Waals surface area contributed by atoms with E-state index in [0.717, 1.165) is 17.9 Å². The van der Waals surface area contributed by atoms with Crippen LogP contribution in [0.25, 0.3) is 0 Å². The first-order valence-electron chi connectivity index (χ1n) is 6.27. The lowest BCUT2D eigenvalue weighted by Crippen LogP contribution is -2.22. The summed E-state index contributed by atoms with van der Waals surface area (Å²) < 4.78 is 0. The number of amidine groups is 1. The fourth-order valence-corrected chi connectivity index (χ4v) is 2.27. The van der Waals surface area contributed by atoms with E-state index >= 15 is 0 Å². The lowest BCUT2D eigenvalue weighted by Gasteiger charge is -2.25. The van der Waals surface area contributed by atoms with Crippen molar-refractivity contribution < 1.29 is 5.21 Å². The summed E-state index contributed by atoms with van der Waals surface area (Å²) in [5.74, 6) is 0.0388. The molecule has 0 aromatic heterocycles. The number of hydrogen-bond donors (Lipinski definition) is 2. The van der Waals surface area contributed by atoms with Gasteiger partial charge in [-0.1, -0.05) is 35.0 Å². The molecule has 0 aliphatic carbocycles. The van der Waals surface area contributed by atoms with Crippen molar-refractivity contribution >= 4 is 28.8 Å². The summed E-state index contributed by atoms with van der Waals surface area (Å²) in [7, 11) is 0. The van der Waals surface area contributed by atoms with Gasteiger partial charge in [0.25, 0.3) is 0 Å². The van der Waals surface area contributed by atoms with E-state index in [2.05, 4.69) is 10.1 Å². The third-order valence-corrected chi connectivity index (χ3v) is 3.25. The van der Waals surface area contributed by atoms with E-state index in [4.69, 9.17) is 22.5 Å². The summed E-state index contributed by atoms with van der Waals surface area (Å²) >= 11 is 6.00. The number of halogens is 1. The molecular weight excluding hydrogens is 274 g/mol. The van der Waals surface area contributed by atoms with Gasteiger partial charge in [0, 0.05) is 22.8 Å². The molecule has 0 bridgehead atoms. The topological polar surface area (TPSA) is 61.8 Å². The van der Waals surface area contributed by atoms with E-state index in [0.29, 0.717) is 10.6 Å². The van der Waals surface area contributed by atoms with Crippen LogP contribution >= 0.6 is 11.6 Å². The molecular formula is C15H16ClN3O. The van der Waals surface area contributed by atoms with Gasteiger partial charge < -0.3 is 15.8 Å². The number of rotatable bonds is 4. The molecule has 0 aliphatic heterocycles. The summed E-state index contributed by atoms with van der Waals surface area (Å²) in [6, 6.07) is 15.3. The monoisotopic (exact) mass is 289 g/mol. The van der Waals surface area contributed by atoms with Crippen LogP contribution in [0.3, 0.4) is 0 Å². The quantitative estimate of drug-likeness (QED) is 0.391. The van der Waals surface area contributed by atoms with E-state index < -0.39 is 0 Å². The Balaban J connectivity index is 2.55. The normalized spacial score (nSPS) is 11.4. The first kappa shape index (κ1) is 14.2. The molecule has 0 fully saturated rings. The van der Waals surface area contributed by atoms with Gasteiger partial charge in [-0.2, -0.15) is 0 Å². The van der Waals surface area contributed by atoms with Crippen LogP contribution in [0.4, 0.5) is 11.4 Å². The van der Waals surface area contributed by atoms with Gasteiger partial charge in [-0.05, 0) is 37.3 Å². The van der Waals surface area contributed by atoms with Crippen molar-refractivity contribution in [1.82, 2.24) is 0 Å². The standard InChI is InChI=1S/C15H16ClN3O/c1-2-19(12-6-4-3-5-7-12)14-9-8-11(16)10-13(14)15(17)18-20/h3-10,20H,2H2,1H3,(H2,17,18). The molecule has 2 rings (SSSR count). The summed E-state index contributed by atoms with van der Waals surface area (Å²) in [6.45, 7) is 2.79. The zero-order chi connectivity index (χ0) is 14.5. The highest BCUT2D eigenvalue weighted by atomic mass is 35.5. The second kappa shape index (κ2) is 6.30. The molecule has 0 aliphatic rings. The predicted octanol–water partition coefficient (Wildman–Crippen LogP) is 3.59. The molecule has 0 heterocycles. The molecule has 0 unspecified atom stereocenters. The Bertz CT molecular complexity index is 614. The van der Waals surface area contributed by atoms with Gasteiger partial charge in [-0.3, -0.25) is 0 Å². The van der Waals surface area contributed by atoms with Gasteiger partial charge in [-0.15, -0.1) is 0 Å². The molecule has 5 heteroatoms.